The van der Waals surface area contributed by atoms with E-state index >= 15 is 0 Å². The monoisotopic (exact) mass is 646 g/mol. The van der Waals surface area contributed by atoms with Crippen molar-refractivity contribution in [3.8, 4) is 17.6 Å². The second-order valence-corrected chi connectivity index (χ2v) is 13.6. The zero-order valence-corrected chi connectivity index (χ0v) is 27.6. The van der Waals surface area contributed by atoms with Gasteiger partial charge >= 0.3 is 6.03 Å². The summed E-state index contributed by atoms with van der Waals surface area (Å²) in [5, 5.41) is 16.3. The van der Waals surface area contributed by atoms with Crippen LogP contribution in [0.15, 0.2) is 83.8 Å². The van der Waals surface area contributed by atoms with Crippen LogP contribution >= 0.6 is 11.3 Å². The van der Waals surface area contributed by atoms with Gasteiger partial charge in [-0.05, 0) is 74.1 Å². The lowest BCUT2D eigenvalue weighted by atomic mass is 9.93. The molecule has 2 aliphatic heterocycles. The van der Waals surface area contributed by atoms with Crippen molar-refractivity contribution >= 4 is 56.5 Å². The number of carbonyl (C=O) groups excluding carboxylic acids is 3. The molecule has 2 aromatic carbocycles. The SMILES string of the molecule is CC1=C(NC(=O)c2sc3nccc4c3c2NC(=O)N4c2ccc(Oc3ccccc3)cc2C)CCCN1C(=O)/C(C#N)=C/C(C)(C)C. The molecule has 4 aromatic rings. The average Bonchev–Trinajstić information content (AvgIpc) is 3.41. The third-order valence-corrected chi connectivity index (χ3v) is 9.02. The summed E-state index contributed by atoms with van der Waals surface area (Å²) in [4.78, 5) is 49.4. The summed E-state index contributed by atoms with van der Waals surface area (Å²) in [5.74, 6) is 0.560. The van der Waals surface area contributed by atoms with Crippen molar-refractivity contribution in [2.24, 2.45) is 5.41 Å². The second kappa shape index (κ2) is 12.4. The van der Waals surface area contributed by atoms with E-state index in [0.29, 0.717) is 74.4 Å². The fraction of sp³-hybridized carbons (Fsp3) is 0.250. The number of carbonyl (C=O) groups is 3. The highest BCUT2D eigenvalue weighted by Gasteiger charge is 2.34. The molecule has 2 aliphatic rings. The van der Waals surface area contributed by atoms with Gasteiger partial charge in [0.15, 0.2) is 0 Å². The van der Waals surface area contributed by atoms with E-state index in [1.54, 1.807) is 35.1 Å². The molecule has 0 saturated carbocycles. The lowest BCUT2D eigenvalue weighted by Gasteiger charge is -2.31. The summed E-state index contributed by atoms with van der Waals surface area (Å²) in [7, 11) is 0. The van der Waals surface area contributed by atoms with E-state index in [9.17, 15) is 19.6 Å². The van der Waals surface area contributed by atoms with Crippen molar-refractivity contribution in [3.05, 3.63) is 94.3 Å². The van der Waals surface area contributed by atoms with Crippen LogP contribution in [0.4, 0.5) is 21.9 Å². The number of urea groups is 1. The number of thiophene rings is 1. The fourth-order valence-electron chi connectivity index (χ4n) is 5.80. The fourth-order valence-corrected chi connectivity index (χ4v) is 6.81. The van der Waals surface area contributed by atoms with Crippen LogP contribution in [-0.4, -0.2) is 34.3 Å². The van der Waals surface area contributed by atoms with Gasteiger partial charge in [-0.1, -0.05) is 45.0 Å². The summed E-state index contributed by atoms with van der Waals surface area (Å²) in [6, 6.07) is 18.4. The number of para-hydroxylation sites is 1. The first-order valence-electron chi connectivity index (χ1n) is 15.3. The van der Waals surface area contributed by atoms with Crippen LogP contribution in [0.5, 0.6) is 11.5 Å². The molecule has 0 aliphatic carbocycles. The molecule has 238 valence electrons. The molecule has 4 heterocycles. The number of rotatable bonds is 6. The largest absolute Gasteiger partial charge is 0.457 e. The van der Waals surface area contributed by atoms with E-state index in [2.05, 4.69) is 15.6 Å². The third-order valence-electron chi connectivity index (χ3n) is 7.93. The number of ether oxygens (including phenoxy) is 1. The van der Waals surface area contributed by atoms with Crippen LogP contribution in [0.2, 0.25) is 0 Å². The zero-order chi connectivity index (χ0) is 33.5. The minimum Gasteiger partial charge on any atom is -0.457 e. The van der Waals surface area contributed by atoms with Gasteiger partial charge in [0.1, 0.15) is 32.8 Å². The predicted molar refractivity (Wildman–Crippen MR) is 183 cm³/mol. The van der Waals surface area contributed by atoms with E-state index in [1.807, 2.05) is 82.3 Å². The number of nitrogens with one attached hydrogen (secondary N) is 2. The van der Waals surface area contributed by atoms with Crippen molar-refractivity contribution in [2.45, 2.75) is 47.5 Å². The number of hydrogen-bond acceptors (Lipinski definition) is 7. The van der Waals surface area contributed by atoms with Crippen LogP contribution < -0.4 is 20.3 Å². The van der Waals surface area contributed by atoms with Gasteiger partial charge in [0.05, 0.1) is 22.4 Å². The van der Waals surface area contributed by atoms with Crippen molar-refractivity contribution in [3.63, 3.8) is 0 Å². The number of anilines is 3. The van der Waals surface area contributed by atoms with Gasteiger partial charge in [0.25, 0.3) is 11.8 Å². The summed E-state index contributed by atoms with van der Waals surface area (Å²) < 4.78 is 5.98. The highest BCUT2D eigenvalue weighted by atomic mass is 32.1. The minimum absolute atomic E-state index is 0.0674. The second-order valence-electron chi connectivity index (χ2n) is 12.6. The number of aryl methyl sites for hydroxylation is 1. The number of benzene rings is 2. The molecule has 0 fully saturated rings. The summed E-state index contributed by atoms with van der Waals surface area (Å²) >= 11 is 1.19. The molecule has 11 heteroatoms. The highest BCUT2D eigenvalue weighted by molar-refractivity contribution is 7.21. The smallest absolute Gasteiger partial charge is 0.331 e. The quantitative estimate of drug-likeness (QED) is 0.161. The summed E-state index contributed by atoms with van der Waals surface area (Å²) in [5.41, 5.74) is 3.41. The first kappa shape index (κ1) is 31.5. The lowest BCUT2D eigenvalue weighted by molar-refractivity contribution is -0.125. The van der Waals surface area contributed by atoms with E-state index in [0.717, 1.165) is 5.56 Å². The van der Waals surface area contributed by atoms with Crippen molar-refractivity contribution < 1.29 is 19.1 Å². The number of hydrogen-bond donors (Lipinski definition) is 2. The molecule has 10 nitrogen and oxygen atoms in total. The Kier molecular flexibility index (Phi) is 8.30. The molecule has 2 aromatic heterocycles. The standard InChI is InChI=1S/C36H34N6O4S/c1-21-18-25(46-24-10-7-6-8-11-24)13-14-27(21)42-28-15-16-38-33-29(28)30(40-35(42)45)31(47-33)32(43)39-26-12-9-17-41(22(26)2)34(44)23(20-37)19-36(3,4)5/h6-8,10-11,13-16,18-19H,9,12,17H2,1-5H3,(H,39,43)(H,40,45)/b23-19+. The topological polar surface area (TPSA) is 128 Å². The van der Waals surface area contributed by atoms with Crippen molar-refractivity contribution in [2.75, 3.05) is 16.8 Å². The lowest BCUT2D eigenvalue weighted by Crippen LogP contribution is -2.38. The number of nitrogens with zero attached hydrogens (tertiary/aromatic N) is 4. The number of aromatic nitrogens is 1. The van der Waals surface area contributed by atoms with Gasteiger partial charge in [0, 0.05) is 24.1 Å². The zero-order valence-electron chi connectivity index (χ0n) is 26.8. The van der Waals surface area contributed by atoms with E-state index in [4.69, 9.17) is 4.74 Å². The maximum absolute atomic E-state index is 13.8. The van der Waals surface area contributed by atoms with Gasteiger partial charge in [-0.25, -0.2) is 9.78 Å². The molecule has 0 unspecified atom stereocenters. The Hall–Kier alpha value is -5.47. The van der Waals surface area contributed by atoms with Gasteiger partial charge in [-0.15, -0.1) is 11.3 Å². The maximum atomic E-state index is 13.8. The Morgan fingerprint density at radius 1 is 1.09 bits per heavy atom. The Morgan fingerprint density at radius 3 is 2.55 bits per heavy atom. The summed E-state index contributed by atoms with van der Waals surface area (Å²) in [6.45, 7) is 9.91. The van der Waals surface area contributed by atoms with Crippen molar-refractivity contribution in [1.29, 1.82) is 5.26 Å². The Bertz CT molecular complexity index is 2030. The van der Waals surface area contributed by atoms with Crippen LogP contribution in [0.3, 0.4) is 0 Å². The molecule has 47 heavy (non-hydrogen) atoms. The number of allylic oxidation sites excluding steroid dienone is 3. The Labute approximate surface area is 277 Å². The first-order valence-corrected chi connectivity index (χ1v) is 16.1. The molecule has 0 spiro atoms. The third kappa shape index (κ3) is 6.20. The van der Waals surface area contributed by atoms with Crippen molar-refractivity contribution in [1.82, 2.24) is 15.2 Å². The Balaban J connectivity index is 1.30. The first-order chi connectivity index (χ1) is 22.4. The molecule has 0 radical (unpaired) electrons. The molecule has 0 saturated heterocycles. The normalized spacial score (nSPS) is 15.0. The van der Waals surface area contributed by atoms with E-state index in [1.165, 1.54) is 11.3 Å². The number of nitriles is 1. The minimum atomic E-state index is -0.407. The Morgan fingerprint density at radius 2 is 1.85 bits per heavy atom. The molecular formula is C36H34N6O4S. The molecule has 6 rings (SSSR count). The van der Waals surface area contributed by atoms with Crippen LogP contribution in [0, 0.1) is 23.7 Å². The van der Waals surface area contributed by atoms with Gasteiger partial charge < -0.3 is 20.3 Å². The predicted octanol–water partition coefficient (Wildman–Crippen LogP) is 8.16. The molecule has 4 amide bonds. The van der Waals surface area contributed by atoms with Gasteiger partial charge in [-0.3, -0.25) is 14.5 Å². The van der Waals surface area contributed by atoms with Gasteiger partial charge in [-0.2, -0.15) is 5.26 Å². The average molecular weight is 647 g/mol. The molecular weight excluding hydrogens is 613 g/mol. The number of amides is 4. The summed E-state index contributed by atoms with van der Waals surface area (Å²) in [6.07, 6.45) is 4.47. The molecule has 0 bridgehead atoms. The van der Waals surface area contributed by atoms with E-state index in [-0.39, 0.29) is 16.9 Å². The van der Waals surface area contributed by atoms with E-state index < -0.39 is 11.9 Å². The van der Waals surface area contributed by atoms with Crippen LogP contribution in [0.1, 0.15) is 55.8 Å². The molecule has 0 atom stereocenters. The maximum Gasteiger partial charge on any atom is 0.331 e. The molecule has 2 N–H and O–H groups in total. The van der Waals surface area contributed by atoms with Crippen LogP contribution in [-0.2, 0) is 4.79 Å². The van der Waals surface area contributed by atoms with Gasteiger partial charge in [0.2, 0.25) is 0 Å². The highest BCUT2D eigenvalue weighted by Crippen LogP contribution is 2.46. The van der Waals surface area contributed by atoms with Crippen LogP contribution in [0.25, 0.3) is 10.2 Å². The number of pyridine rings is 1.